The molecule has 1 aliphatic rings. The molecule has 0 aromatic heterocycles. The summed E-state index contributed by atoms with van der Waals surface area (Å²) in [6.07, 6.45) is 1.95. The molecule has 0 fully saturated rings. The summed E-state index contributed by atoms with van der Waals surface area (Å²) in [7, 11) is 0. The first kappa shape index (κ1) is 15.8. The zero-order chi connectivity index (χ0) is 15.4. The normalized spacial score (nSPS) is 16.6. The van der Waals surface area contributed by atoms with Gasteiger partial charge in [0, 0.05) is 25.3 Å². The second-order valence-corrected chi connectivity index (χ2v) is 6.35. The molecule has 1 amide bonds. The zero-order valence-electron chi connectivity index (χ0n) is 13.4. The lowest BCUT2D eigenvalue weighted by Gasteiger charge is -2.33. The number of carbonyl (C=O) groups is 1. The van der Waals surface area contributed by atoms with E-state index in [9.17, 15) is 4.79 Å². The first-order valence-corrected chi connectivity index (χ1v) is 7.87. The molecule has 1 aliphatic heterocycles. The van der Waals surface area contributed by atoms with Crippen LogP contribution in [0.4, 0.5) is 5.69 Å². The van der Waals surface area contributed by atoms with E-state index in [-0.39, 0.29) is 11.9 Å². The van der Waals surface area contributed by atoms with E-state index in [1.165, 1.54) is 11.1 Å². The molecule has 3 N–H and O–H groups in total. The van der Waals surface area contributed by atoms with Gasteiger partial charge in [0.2, 0.25) is 5.91 Å². The molecule has 116 valence electrons. The predicted molar refractivity (Wildman–Crippen MR) is 86.9 cm³/mol. The van der Waals surface area contributed by atoms with Crippen molar-refractivity contribution in [3.63, 3.8) is 0 Å². The number of nitrogens with zero attached hydrogens (tertiary/aromatic N) is 1. The smallest absolute Gasteiger partial charge is 0.237 e. The Bertz CT molecular complexity index is 499. The Morgan fingerprint density at radius 3 is 2.86 bits per heavy atom. The summed E-state index contributed by atoms with van der Waals surface area (Å²) >= 11 is 0. The first-order chi connectivity index (χ1) is 9.99. The van der Waals surface area contributed by atoms with Crippen LogP contribution in [0.15, 0.2) is 18.2 Å². The maximum Gasteiger partial charge on any atom is 0.237 e. The Labute approximate surface area is 127 Å². The van der Waals surface area contributed by atoms with Crippen LogP contribution in [0.5, 0.6) is 0 Å². The summed E-state index contributed by atoms with van der Waals surface area (Å²) in [5, 5.41) is 3.04. The van der Waals surface area contributed by atoms with Crippen molar-refractivity contribution >= 4 is 11.6 Å². The van der Waals surface area contributed by atoms with Crippen molar-refractivity contribution in [2.75, 3.05) is 18.8 Å². The molecule has 1 heterocycles. The highest BCUT2D eigenvalue weighted by Gasteiger charge is 2.25. The molecule has 0 saturated heterocycles. The van der Waals surface area contributed by atoms with Crippen LogP contribution in [0, 0.1) is 5.92 Å². The summed E-state index contributed by atoms with van der Waals surface area (Å²) in [6, 6.07) is 5.97. The number of hydrogen-bond donors (Lipinski definition) is 2. The van der Waals surface area contributed by atoms with E-state index < -0.39 is 0 Å². The summed E-state index contributed by atoms with van der Waals surface area (Å²) in [5.41, 5.74) is 9.40. The van der Waals surface area contributed by atoms with Crippen molar-refractivity contribution in [2.45, 2.75) is 46.2 Å². The van der Waals surface area contributed by atoms with Crippen LogP contribution in [0.25, 0.3) is 0 Å². The SMILES string of the molecule is CC(C)CCNC(=O)C(C)N1CCc2c(N)cccc2C1. The van der Waals surface area contributed by atoms with Crippen molar-refractivity contribution in [2.24, 2.45) is 5.92 Å². The molecule has 1 atom stereocenters. The van der Waals surface area contributed by atoms with Gasteiger partial charge in [-0.25, -0.2) is 0 Å². The number of amides is 1. The largest absolute Gasteiger partial charge is 0.398 e. The maximum atomic E-state index is 12.2. The molecule has 4 heteroatoms. The molecule has 0 saturated carbocycles. The number of rotatable bonds is 5. The number of carbonyl (C=O) groups excluding carboxylic acids is 1. The number of nitrogens with one attached hydrogen (secondary N) is 1. The fourth-order valence-electron chi connectivity index (χ4n) is 2.79. The van der Waals surface area contributed by atoms with Crippen molar-refractivity contribution in [3.05, 3.63) is 29.3 Å². The molecule has 0 spiro atoms. The van der Waals surface area contributed by atoms with Gasteiger partial charge >= 0.3 is 0 Å². The lowest BCUT2D eigenvalue weighted by molar-refractivity contribution is -0.126. The van der Waals surface area contributed by atoms with Gasteiger partial charge < -0.3 is 11.1 Å². The molecule has 1 aromatic carbocycles. The minimum atomic E-state index is -0.0910. The fourth-order valence-corrected chi connectivity index (χ4v) is 2.79. The van der Waals surface area contributed by atoms with Crippen LogP contribution in [0.3, 0.4) is 0 Å². The highest BCUT2D eigenvalue weighted by Crippen LogP contribution is 2.25. The summed E-state index contributed by atoms with van der Waals surface area (Å²) in [4.78, 5) is 14.5. The molecule has 0 bridgehead atoms. The molecule has 1 unspecified atom stereocenters. The van der Waals surface area contributed by atoms with Gasteiger partial charge in [-0.15, -0.1) is 0 Å². The highest BCUT2D eigenvalue weighted by molar-refractivity contribution is 5.81. The van der Waals surface area contributed by atoms with Gasteiger partial charge in [-0.1, -0.05) is 26.0 Å². The van der Waals surface area contributed by atoms with Crippen LogP contribution in [0.1, 0.15) is 38.3 Å². The third-order valence-corrected chi connectivity index (χ3v) is 4.28. The van der Waals surface area contributed by atoms with Gasteiger partial charge in [0.25, 0.3) is 0 Å². The molecular weight excluding hydrogens is 262 g/mol. The van der Waals surface area contributed by atoms with Crippen LogP contribution < -0.4 is 11.1 Å². The fraction of sp³-hybridized carbons (Fsp3) is 0.588. The number of nitrogens with two attached hydrogens (primary N) is 1. The average molecular weight is 289 g/mol. The van der Waals surface area contributed by atoms with Crippen LogP contribution in [-0.2, 0) is 17.8 Å². The molecule has 0 aliphatic carbocycles. The first-order valence-electron chi connectivity index (χ1n) is 7.87. The van der Waals surface area contributed by atoms with Gasteiger partial charge in [0.05, 0.1) is 6.04 Å². The van der Waals surface area contributed by atoms with Crippen molar-refractivity contribution in [1.82, 2.24) is 10.2 Å². The summed E-state index contributed by atoms with van der Waals surface area (Å²) in [6.45, 7) is 8.78. The van der Waals surface area contributed by atoms with E-state index in [2.05, 4.69) is 30.1 Å². The molecular formula is C17H27N3O. The molecule has 1 aromatic rings. The number of benzene rings is 1. The van der Waals surface area contributed by atoms with E-state index in [1.54, 1.807) is 0 Å². The van der Waals surface area contributed by atoms with Gasteiger partial charge in [0.1, 0.15) is 0 Å². The van der Waals surface area contributed by atoms with E-state index in [0.29, 0.717) is 5.92 Å². The average Bonchev–Trinajstić information content (AvgIpc) is 2.46. The predicted octanol–water partition coefficient (Wildman–Crippen LogP) is 2.18. The third kappa shape index (κ3) is 3.97. The Kier molecular flexibility index (Phi) is 5.23. The number of fused-ring (bicyclic) bond motifs is 1. The van der Waals surface area contributed by atoms with Gasteiger partial charge in [-0.2, -0.15) is 0 Å². The van der Waals surface area contributed by atoms with E-state index in [1.807, 2.05) is 19.1 Å². The Morgan fingerprint density at radius 1 is 1.38 bits per heavy atom. The lowest BCUT2D eigenvalue weighted by atomic mass is 9.97. The second kappa shape index (κ2) is 6.94. The van der Waals surface area contributed by atoms with Crippen LogP contribution >= 0.6 is 0 Å². The lowest BCUT2D eigenvalue weighted by Crippen LogP contribution is -2.47. The quantitative estimate of drug-likeness (QED) is 0.817. The molecule has 2 rings (SSSR count). The maximum absolute atomic E-state index is 12.2. The molecule has 0 radical (unpaired) electrons. The van der Waals surface area contributed by atoms with Gasteiger partial charge in [0.15, 0.2) is 0 Å². The Morgan fingerprint density at radius 2 is 2.14 bits per heavy atom. The zero-order valence-corrected chi connectivity index (χ0v) is 13.4. The standard InChI is InChI=1S/C17H27N3O/c1-12(2)7-9-19-17(21)13(3)20-10-8-15-14(11-20)5-4-6-16(15)18/h4-6,12-13H,7-11,18H2,1-3H3,(H,19,21). The van der Waals surface area contributed by atoms with Crippen LogP contribution in [0.2, 0.25) is 0 Å². The molecule has 4 nitrogen and oxygen atoms in total. The Balaban J connectivity index is 1.92. The van der Waals surface area contributed by atoms with Crippen molar-refractivity contribution < 1.29 is 4.79 Å². The van der Waals surface area contributed by atoms with Gasteiger partial charge in [-0.3, -0.25) is 9.69 Å². The number of anilines is 1. The van der Waals surface area contributed by atoms with Crippen molar-refractivity contribution in [1.29, 1.82) is 0 Å². The Hall–Kier alpha value is -1.55. The molecule has 21 heavy (non-hydrogen) atoms. The topological polar surface area (TPSA) is 58.4 Å². The monoisotopic (exact) mass is 289 g/mol. The highest BCUT2D eigenvalue weighted by atomic mass is 16.2. The number of nitrogen functional groups attached to an aromatic ring is 1. The van der Waals surface area contributed by atoms with Crippen LogP contribution in [-0.4, -0.2) is 29.9 Å². The summed E-state index contributed by atoms with van der Waals surface area (Å²) in [5.74, 6) is 0.744. The summed E-state index contributed by atoms with van der Waals surface area (Å²) < 4.78 is 0. The van der Waals surface area contributed by atoms with Gasteiger partial charge in [-0.05, 0) is 42.9 Å². The minimum Gasteiger partial charge on any atom is -0.398 e. The minimum absolute atomic E-state index is 0.0910. The van der Waals surface area contributed by atoms with E-state index in [0.717, 1.165) is 38.2 Å². The van der Waals surface area contributed by atoms with E-state index >= 15 is 0 Å². The number of hydrogen-bond acceptors (Lipinski definition) is 3. The van der Waals surface area contributed by atoms with E-state index in [4.69, 9.17) is 5.73 Å². The van der Waals surface area contributed by atoms with Crippen molar-refractivity contribution in [3.8, 4) is 0 Å². The third-order valence-electron chi connectivity index (χ3n) is 4.28. The second-order valence-electron chi connectivity index (χ2n) is 6.35.